The second kappa shape index (κ2) is 13.6. The summed E-state index contributed by atoms with van der Waals surface area (Å²) in [5.41, 5.74) is 0.453. The first-order valence-electron chi connectivity index (χ1n) is 11.3. The molecule has 3 rings (SSSR count). The second-order valence-corrected chi connectivity index (χ2v) is 7.89. The lowest BCUT2D eigenvalue weighted by atomic mass is 10.1. The zero-order valence-electron chi connectivity index (χ0n) is 19.7. The lowest BCUT2D eigenvalue weighted by molar-refractivity contribution is -0.134. The van der Waals surface area contributed by atoms with Gasteiger partial charge in [0, 0.05) is 11.4 Å². The van der Waals surface area contributed by atoms with Gasteiger partial charge in [0.25, 0.3) is 5.91 Å². The molecule has 36 heavy (non-hydrogen) atoms. The number of carbonyl (C=O) groups excluding carboxylic acids is 2. The first kappa shape index (κ1) is 26.4. The summed E-state index contributed by atoms with van der Waals surface area (Å²) in [6, 6.07) is 17.1. The number of furan rings is 1. The van der Waals surface area contributed by atoms with Gasteiger partial charge in [-0.15, -0.1) is 0 Å². The molecule has 0 aliphatic rings. The van der Waals surface area contributed by atoms with E-state index in [0.717, 1.165) is 0 Å². The average Bonchev–Trinajstić information content (AvgIpc) is 3.40. The number of halogens is 1. The molecule has 2 aromatic carbocycles. The molecule has 1 heterocycles. The van der Waals surface area contributed by atoms with Crippen molar-refractivity contribution >= 4 is 29.6 Å². The minimum absolute atomic E-state index is 0.0885. The Kier molecular flexibility index (Phi) is 9.98. The van der Waals surface area contributed by atoms with Crippen molar-refractivity contribution in [3.05, 3.63) is 82.8 Å². The molecule has 1 amide bonds. The molecule has 0 saturated heterocycles. The Bertz CT molecular complexity index is 1230. The third kappa shape index (κ3) is 8.22. The van der Waals surface area contributed by atoms with E-state index in [9.17, 15) is 14.9 Å². The maximum absolute atomic E-state index is 12.4. The molecule has 0 bridgehead atoms. The molecule has 0 fully saturated rings. The third-order valence-corrected chi connectivity index (χ3v) is 5.03. The van der Waals surface area contributed by atoms with Gasteiger partial charge < -0.3 is 23.9 Å². The van der Waals surface area contributed by atoms with Crippen LogP contribution in [0, 0.1) is 11.3 Å². The number of nitriles is 1. The summed E-state index contributed by atoms with van der Waals surface area (Å²) < 4.78 is 21.8. The molecular weight excluding hydrogens is 484 g/mol. The van der Waals surface area contributed by atoms with Crippen molar-refractivity contribution in [2.45, 2.75) is 26.3 Å². The number of nitrogens with zero attached hydrogens (tertiary/aromatic N) is 1. The lowest BCUT2D eigenvalue weighted by Gasteiger charge is -2.12. The van der Waals surface area contributed by atoms with E-state index < -0.39 is 11.9 Å². The van der Waals surface area contributed by atoms with Crippen LogP contribution in [0.1, 0.15) is 31.1 Å². The largest absolute Gasteiger partial charge is 0.494 e. The number of esters is 1. The Balaban J connectivity index is 1.57. The zero-order chi connectivity index (χ0) is 25.8. The summed E-state index contributed by atoms with van der Waals surface area (Å²) in [4.78, 5) is 24.7. The Labute approximate surface area is 214 Å². The molecule has 0 unspecified atom stereocenters. The standard InChI is InChI=1S/C27H25ClN2O6/c1-2-33-25-16-19(15-20(17-29)27(32)30-18-23-5-3-13-35-23)7-12-24(25)36-26(31)6-4-14-34-22-10-8-21(28)9-11-22/h3,5,7-13,15-16H,2,4,6,14,18H2,1H3,(H,30,32)/b20-15+. The molecule has 0 spiro atoms. The number of amides is 1. The van der Waals surface area contributed by atoms with Crippen molar-refractivity contribution in [3.8, 4) is 23.3 Å². The molecule has 1 aromatic heterocycles. The molecule has 0 aliphatic heterocycles. The maximum Gasteiger partial charge on any atom is 0.311 e. The van der Waals surface area contributed by atoms with Gasteiger partial charge in [-0.1, -0.05) is 17.7 Å². The molecular formula is C27H25ClN2O6. The summed E-state index contributed by atoms with van der Waals surface area (Å²) in [5, 5.41) is 12.7. The number of benzene rings is 2. The zero-order valence-corrected chi connectivity index (χ0v) is 20.4. The molecule has 8 nitrogen and oxygen atoms in total. The molecule has 9 heteroatoms. The smallest absolute Gasteiger partial charge is 0.311 e. The van der Waals surface area contributed by atoms with Gasteiger partial charge in [-0.2, -0.15) is 5.26 Å². The Morgan fingerprint density at radius 2 is 1.92 bits per heavy atom. The van der Waals surface area contributed by atoms with Crippen molar-refractivity contribution in [1.29, 1.82) is 5.26 Å². The van der Waals surface area contributed by atoms with Crippen LogP contribution in [0.25, 0.3) is 6.08 Å². The highest BCUT2D eigenvalue weighted by molar-refractivity contribution is 6.30. The maximum atomic E-state index is 12.4. The highest BCUT2D eigenvalue weighted by Gasteiger charge is 2.14. The van der Waals surface area contributed by atoms with Crippen LogP contribution in [0.2, 0.25) is 5.02 Å². The molecule has 0 radical (unpaired) electrons. The van der Waals surface area contributed by atoms with Crippen LogP contribution in [0.3, 0.4) is 0 Å². The minimum atomic E-state index is -0.539. The van der Waals surface area contributed by atoms with E-state index in [0.29, 0.717) is 47.5 Å². The van der Waals surface area contributed by atoms with E-state index >= 15 is 0 Å². The first-order chi connectivity index (χ1) is 17.5. The van der Waals surface area contributed by atoms with E-state index in [-0.39, 0.29) is 24.3 Å². The van der Waals surface area contributed by atoms with Crippen LogP contribution in [0.15, 0.2) is 70.9 Å². The van der Waals surface area contributed by atoms with Crippen LogP contribution in [0.5, 0.6) is 17.2 Å². The molecule has 3 aromatic rings. The topological polar surface area (TPSA) is 111 Å². The number of carbonyl (C=O) groups is 2. The number of ether oxygens (including phenoxy) is 3. The Hall–Kier alpha value is -4.22. The van der Waals surface area contributed by atoms with Crippen molar-refractivity contribution < 1.29 is 28.2 Å². The molecule has 186 valence electrons. The summed E-state index contributed by atoms with van der Waals surface area (Å²) in [6.07, 6.45) is 3.54. The van der Waals surface area contributed by atoms with Crippen LogP contribution < -0.4 is 19.5 Å². The molecule has 0 atom stereocenters. The van der Waals surface area contributed by atoms with Gasteiger partial charge in [-0.25, -0.2) is 0 Å². The fraction of sp³-hybridized carbons (Fsp3) is 0.222. The quantitative estimate of drug-likeness (QED) is 0.116. The van der Waals surface area contributed by atoms with Gasteiger partial charge >= 0.3 is 5.97 Å². The number of hydrogen-bond donors (Lipinski definition) is 1. The average molecular weight is 509 g/mol. The Morgan fingerprint density at radius 1 is 1.11 bits per heavy atom. The summed E-state index contributed by atoms with van der Waals surface area (Å²) in [5.74, 6) is 0.837. The van der Waals surface area contributed by atoms with Crippen LogP contribution >= 0.6 is 11.6 Å². The SMILES string of the molecule is CCOc1cc(/C=C(\C#N)C(=O)NCc2ccco2)ccc1OC(=O)CCCOc1ccc(Cl)cc1. The third-order valence-electron chi connectivity index (χ3n) is 4.78. The Morgan fingerprint density at radius 3 is 2.61 bits per heavy atom. The van der Waals surface area contributed by atoms with Crippen LogP contribution in [0.4, 0.5) is 0 Å². The van der Waals surface area contributed by atoms with Gasteiger partial charge in [0.2, 0.25) is 0 Å². The van der Waals surface area contributed by atoms with E-state index in [1.165, 1.54) is 12.3 Å². The van der Waals surface area contributed by atoms with Crippen LogP contribution in [-0.4, -0.2) is 25.1 Å². The van der Waals surface area contributed by atoms with E-state index in [1.807, 2.05) is 6.07 Å². The van der Waals surface area contributed by atoms with Crippen LogP contribution in [-0.2, 0) is 16.1 Å². The van der Waals surface area contributed by atoms with Gasteiger partial charge in [0.1, 0.15) is 23.2 Å². The van der Waals surface area contributed by atoms with Gasteiger partial charge in [0.05, 0.1) is 26.0 Å². The lowest BCUT2D eigenvalue weighted by Crippen LogP contribution is -2.23. The van der Waals surface area contributed by atoms with Crippen molar-refractivity contribution in [2.24, 2.45) is 0 Å². The number of rotatable bonds is 12. The van der Waals surface area contributed by atoms with E-state index in [2.05, 4.69) is 5.32 Å². The molecule has 0 aliphatic carbocycles. The molecule has 0 saturated carbocycles. The highest BCUT2D eigenvalue weighted by atomic mass is 35.5. The predicted molar refractivity (Wildman–Crippen MR) is 134 cm³/mol. The molecule has 1 N–H and O–H groups in total. The number of nitrogens with one attached hydrogen (secondary N) is 1. The summed E-state index contributed by atoms with van der Waals surface area (Å²) in [7, 11) is 0. The van der Waals surface area contributed by atoms with Crippen molar-refractivity contribution in [3.63, 3.8) is 0 Å². The van der Waals surface area contributed by atoms with Gasteiger partial charge in [-0.3, -0.25) is 9.59 Å². The summed E-state index contributed by atoms with van der Waals surface area (Å²) in [6.45, 7) is 2.64. The monoisotopic (exact) mass is 508 g/mol. The van der Waals surface area contributed by atoms with Crippen molar-refractivity contribution in [2.75, 3.05) is 13.2 Å². The first-order valence-corrected chi connectivity index (χ1v) is 11.6. The fourth-order valence-electron chi connectivity index (χ4n) is 3.07. The highest BCUT2D eigenvalue weighted by Crippen LogP contribution is 2.30. The fourth-order valence-corrected chi connectivity index (χ4v) is 3.20. The van der Waals surface area contributed by atoms with E-state index in [4.69, 9.17) is 30.2 Å². The normalized spacial score (nSPS) is 10.9. The van der Waals surface area contributed by atoms with E-state index in [1.54, 1.807) is 61.5 Å². The second-order valence-electron chi connectivity index (χ2n) is 7.45. The number of hydrogen-bond acceptors (Lipinski definition) is 7. The van der Waals surface area contributed by atoms with Gasteiger partial charge in [0.15, 0.2) is 11.5 Å². The van der Waals surface area contributed by atoms with Crippen molar-refractivity contribution in [1.82, 2.24) is 5.32 Å². The minimum Gasteiger partial charge on any atom is -0.494 e. The van der Waals surface area contributed by atoms with Gasteiger partial charge in [-0.05, 0) is 73.5 Å². The predicted octanol–water partition coefficient (Wildman–Crippen LogP) is 5.32. The summed E-state index contributed by atoms with van der Waals surface area (Å²) >= 11 is 5.85.